The molecule has 28 heavy (non-hydrogen) atoms. The van der Waals surface area contributed by atoms with E-state index in [9.17, 15) is 4.79 Å². The van der Waals surface area contributed by atoms with Gasteiger partial charge in [0, 0.05) is 46.7 Å². The number of hydrogen-bond donors (Lipinski definition) is 0. The molecule has 0 fully saturated rings. The molecule has 0 bridgehead atoms. The molecule has 142 valence electrons. The molecule has 3 aromatic heterocycles. The first kappa shape index (κ1) is 18.7. The molecule has 0 unspecified atom stereocenters. The molecule has 0 saturated heterocycles. The van der Waals surface area contributed by atoms with Crippen LogP contribution in [0, 0.1) is 6.92 Å². The molecule has 0 aliphatic rings. The van der Waals surface area contributed by atoms with Crippen LogP contribution in [0.15, 0.2) is 57.1 Å². The second-order valence-corrected chi connectivity index (χ2v) is 7.61. The van der Waals surface area contributed by atoms with Crippen LogP contribution in [0.2, 0.25) is 5.02 Å². The van der Waals surface area contributed by atoms with E-state index in [2.05, 4.69) is 15.2 Å². The highest BCUT2D eigenvalue weighted by Crippen LogP contribution is 2.30. The molecule has 1 aromatic carbocycles. The average Bonchev–Trinajstić information content (AvgIpc) is 3.11. The van der Waals surface area contributed by atoms with E-state index in [-0.39, 0.29) is 5.63 Å². The van der Waals surface area contributed by atoms with Crippen molar-refractivity contribution in [2.75, 3.05) is 0 Å². The number of hydrogen-bond acceptors (Lipinski definition) is 6. The fraction of sp³-hybridized carbons (Fsp3) is 0.200. The third-order valence-electron chi connectivity index (χ3n) is 4.44. The Morgan fingerprint density at radius 3 is 2.71 bits per heavy atom. The van der Waals surface area contributed by atoms with Gasteiger partial charge in [0.1, 0.15) is 5.58 Å². The Balaban J connectivity index is 1.68. The minimum Gasteiger partial charge on any atom is -0.423 e. The summed E-state index contributed by atoms with van der Waals surface area (Å²) < 4.78 is 7.38. The van der Waals surface area contributed by atoms with Gasteiger partial charge in [-0.15, -0.1) is 10.2 Å². The highest BCUT2D eigenvalue weighted by Gasteiger charge is 2.15. The molecule has 0 aliphatic carbocycles. The zero-order valence-corrected chi connectivity index (χ0v) is 16.9. The van der Waals surface area contributed by atoms with Crippen LogP contribution >= 0.6 is 23.4 Å². The first-order valence-corrected chi connectivity index (χ1v) is 10.1. The summed E-state index contributed by atoms with van der Waals surface area (Å²) in [5, 5.41) is 10.9. The fourth-order valence-electron chi connectivity index (χ4n) is 3.01. The molecule has 0 saturated carbocycles. The molecule has 6 nitrogen and oxygen atoms in total. The van der Waals surface area contributed by atoms with Crippen molar-refractivity contribution < 1.29 is 4.42 Å². The van der Waals surface area contributed by atoms with E-state index in [1.165, 1.54) is 17.8 Å². The largest absolute Gasteiger partial charge is 0.423 e. The zero-order valence-electron chi connectivity index (χ0n) is 15.3. The Kier molecular flexibility index (Phi) is 5.19. The molecule has 4 rings (SSSR count). The summed E-state index contributed by atoms with van der Waals surface area (Å²) in [6.07, 6.45) is 3.47. The van der Waals surface area contributed by atoms with E-state index >= 15 is 0 Å². The standard InChI is InChI=1S/C20H17ClN4O2S/c1-3-25-19(13-4-6-22-7-5-13)23-24-20(25)28-11-14-9-18(26)27-17-8-12(2)16(21)10-15(14)17/h4-10H,3,11H2,1-2H3. The van der Waals surface area contributed by atoms with Gasteiger partial charge < -0.3 is 8.98 Å². The van der Waals surface area contributed by atoms with Gasteiger partial charge >= 0.3 is 5.63 Å². The monoisotopic (exact) mass is 412 g/mol. The number of rotatable bonds is 5. The first-order valence-electron chi connectivity index (χ1n) is 8.76. The van der Waals surface area contributed by atoms with Crippen molar-refractivity contribution >= 4 is 34.3 Å². The van der Waals surface area contributed by atoms with Gasteiger partial charge in [-0.25, -0.2) is 4.79 Å². The number of pyridine rings is 1. The van der Waals surface area contributed by atoms with E-state index in [1.54, 1.807) is 18.5 Å². The van der Waals surface area contributed by atoms with Crippen LogP contribution in [-0.4, -0.2) is 19.7 Å². The van der Waals surface area contributed by atoms with Crippen LogP contribution in [0.3, 0.4) is 0 Å². The predicted octanol–water partition coefficient (Wildman–Crippen LogP) is 4.72. The lowest BCUT2D eigenvalue weighted by Crippen LogP contribution is -2.02. The minimum atomic E-state index is -0.376. The number of aryl methyl sites for hydroxylation is 1. The average molecular weight is 413 g/mol. The molecule has 8 heteroatoms. The second kappa shape index (κ2) is 7.77. The quantitative estimate of drug-likeness (QED) is 0.349. The topological polar surface area (TPSA) is 73.8 Å². The predicted molar refractivity (Wildman–Crippen MR) is 111 cm³/mol. The summed E-state index contributed by atoms with van der Waals surface area (Å²) in [5.41, 5.74) is 2.85. The van der Waals surface area contributed by atoms with Gasteiger partial charge in [0.15, 0.2) is 11.0 Å². The summed E-state index contributed by atoms with van der Waals surface area (Å²) >= 11 is 7.80. The zero-order chi connectivity index (χ0) is 19.7. The van der Waals surface area contributed by atoms with Gasteiger partial charge in [-0.05, 0) is 49.2 Å². The lowest BCUT2D eigenvalue weighted by molar-refractivity contribution is 0.559. The van der Waals surface area contributed by atoms with Gasteiger partial charge in [-0.1, -0.05) is 23.4 Å². The molecule has 0 aliphatic heterocycles. The number of halogens is 1. The molecule has 4 aromatic rings. The third kappa shape index (κ3) is 3.55. The Morgan fingerprint density at radius 1 is 1.18 bits per heavy atom. The highest BCUT2D eigenvalue weighted by molar-refractivity contribution is 7.98. The molecule has 0 amide bonds. The summed E-state index contributed by atoms with van der Waals surface area (Å²) in [6.45, 7) is 4.66. The van der Waals surface area contributed by atoms with Gasteiger partial charge in [-0.2, -0.15) is 0 Å². The summed E-state index contributed by atoms with van der Waals surface area (Å²) in [7, 11) is 0. The van der Waals surface area contributed by atoms with Crippen LogP contribution in [-0.2, 0) is 12.3 Å². The Morgan fingerprint density at radius 2 is 1.96 bits per heavy atom. The lowest BCUT2D eigenvalue weighted by Gasteiger charge is -2.09. The van der Waals surface area contributed by atoms with E-state index in [0.29, 0.717) is 16.4 Å². The van der Waals surface area contributed by atoms with E-state index in [1.807, 2.05) is 36.6 Å². The molecule has 0 radical (unpaired) electrons. The SMILES string of the molecule is CCn1c(SCc2cc(=O)oc3cc(C)c(Cl)cc23)nnc1-c1ccncc1. The minimum absolute atomic E-state index is 0.376. The van der Waals surface area contributed by atoms with Crippen LogP contribution < -0.4 is 5.63 Å². The molecule has 0 spiro atoms. The number of aromatic nitrogens is 4. The molecule has 0 atom stereocenters. The van der Waals surface area contributed by atoms with Crippen LogP contribution in [0.5, 0.6) is 0 Å². The van der Waals surface area contributed by atoms with E-state index in [0.717, 1.165) is 39.6 Å². The summed E-state index contributed by atoms with van der Waals surface area (Å²) in [5.74, 6) is 1.35. The molecule has 3 heterocycles. The van der Waals surface area contributed by atoms with Crippen molar-refractivity contribution in [2.24, 2.45) is 0 Å². The fourth-order valence-corrected chi connectivity index (χ4v) is 4.16. The van der Waals surface area contributed by atoms with E-state index in [4.69, 9.17) is 16.0 Å². The Hall–Kier alpha value is -2.64. The number of thioether (sulfide) groups is 1. The Bertz CT molecular complexity index is 1200. The second-order valence-electron chi connectivity index (χ2n) is 6.26. The van der Waals surface area contributed by atoms with Gasteiger partial charge in [0.25, 0.3) is 0 Å². The van der Waals surface area contributed by atoms with Crippen LogP contribution in [0.25, 0.3) is 22.4 Å². The molecular weight excluding hydrogens is 396 g/mol. The summed E-state index contributed by atoms with van der Waals surface area (Å²) in [4.78, 5) is 16.0. The highest BCUT2D eigenvalue weighted by atomic mass is 35.5. The van der Waals surface area contributed by atoms with Crippen molar-refractivity contribution in [3.05, 3.63) is 69.3 Å². The van der Waals surface area contributed by atoms with Crippen LogP contribution in [0.4, 0.5) is 0 Å². The molecular formula is C20H17ClN4O2S. The van der Waals surface area contributed by atoms with Gasteiger partial charge in [0.2, 0.25) is 0 Å². The van der Waals surface area contributed by atoms with Gasteiger partial charge in [-0.3, -0.25) is 4.98 Å². The van der Waals surface area contributed by atoms with Gasteiger partial charge in [0.05, 0.1) is 0 Å². The van der Waals surface area contributed by atoms with E-state index < -0.39 is 0 Å². The third-order valence-corrected chi connectivity index (χ3v) is 5.86. The number of fused-ring (bicyclic) bond motifs is 1. The first-order chi connectivity index (χ1) is 13.6. The molecule has 0 N–H and O–H groups in total. The van der Waals surface area contributed by atoms with Crippen molar-refractivity contribution in [2.45, 2.75) is 31.3 Å². The van der Waals surface area contributed by atoms with Crippen molar-refractivity contribution in [1.82, 2.24) is 19.7 Å². The van der Waals surface area contributed by atoms with Crippen molar-refractivity contribution in [3.8, 4) is 11.4 Å². The van der Waals surface area contributed by atoms with Crippen LogP contribution in [0.1, 0.15) is 18.1 Å². The maximum Gasteiger partial charge on any atom is 0.336 e. The van der Waals surface area contributed by atoms with Crippen molar-refractivity contribution in [3.63, 3.8) is 0 Å². The van der Waals surface area contributed by atoms with Crippen molar-refractivity contribution in [1.29, 1.82) is 0 Å². The number of benzene rings is 1. The maximum absolute atomic E-state index is 12.0. The maximum atomic E-state index is 12.0. The smallest absolute Gasteiger partial charge is 0.336 e. The summed E-state index contributed by atoms with van der Waals surface area (Å²) in [6, 6.07) is 8.97. The number of nitrogens with zero attached hydrogens (tertiary/aromatic N) is 4. The lowest BCUT2D eigenvalue weighted by atomic mass is 10.1. The normalized spacial score (nSPS) is 11.2. The Labute approximate surface area is 170 Å².